The van der Waals surface area contributed by atoms with Gasteiger partial charge in [0.25, 0.3) is 5.91 Å². The second kappa shape index (κ2) is 8.04. The van der Waals surface area contributed by atoms with E-state index in [2.05, 4.69) is 10.6 Å². The highest BCUT2D eigenvalue weighted by Crippen LogP contribution is 2.15. The molecule has 0 radical (unpaired) electrons. The lowest BCUT2D eigenvalue weighted by atomic mass is 10.0. The molecular weight excluding hydrogens is 326 g/mol. The third-order valence-corrected chi connectivity index (χ3v) is 4.66. The van der Waals surface area contributed by atoms with Gasteiger partial charge in [-0.3, -0.25) is 4.79 Å². The van der Waals surface area contributed by atoms with Crippen molar-refractivity contribution >= 4 is 17.6 Å². The van der Waals surface area contributed by atoms with Gasteiger partial charge in [-0.25, -0.2) is 4.79 Å². The maximum atomic E-state index is 12.4. The molecule has 0 bridgehead atoms. The van der Waals surface area contributed by atoms with Crippen LogP contribution < -0.4 is 10.6 Å². The van der Waals surface area contributed by atoms with E-state index >= 15 is 0 Å². The quantitative estimate of drug-likeness (QED) is 0.879. The Labute approximate surface area is 154 Å². The van der Waals surface area contributed by atoms with Crippen molar-refractivity contribution in [2.75, 3.05) is 18.4 Å². The van der Waals surface area contributed by atoms with Crippen LogP contribution >= 0.6 is 0 Å². The average molecular weight is 351 g/mol. The Bertz CT molecular complexity index is 811. The summed E-state index contributed by atoms with van der Waals surface area (Å²) in [6, 6.07) is 13.4. The van der Waals surface area contributed by atoms with E-state index in [-0.39, 0.29) is 11.9 Å². The summed E-state index contributed by atoms with van der Waals surface area (Å²) < 4.78 is 0. The molecule has 1 aliphatic rings. The summed E-state index contributed by atoms with van der Waals surface area (Å²) >= 11 is 0. The molecule has 0 aromatic heterocycles. The number of amides is 3. The molecule has 136 valence electrons. The number of hydrogen-bond acceptors (Lipinski definition) is 2. The van der Waals surface area contributed by atoms with Crippen molar-refractivity contribution in [1.82, 2.24) is 10.2 Å². The van der Waals surface area contributed by atoms with E-state index in [1.807, 2.05) is 61.2 Å². The lowest BCUT2D eigenvalue weighted by Gasteiger charge is -2.16. The smallest absolute Gasteiger partial charge is 0.321 e. The molecule has 1 saturated heterocycles. The fourth-order valence-corrected chi connectivity index (χ4v) is 3.14. The van der Waals surface area contributed by atoms with Crippen LogP contribution in [0.4, 0.5) is 10.5 Å². The summed E-state index contributed by atoms with van der Waals surface area (Å²) in [5.74, 6) is -0.0855. The third kappa shape index (κ3) is 4.42. The first kappa shape index (κ1) is 18.0. The predicted molar refractivity (Wildman–Crippen MR) is 103 cm³/mol. The fraction of sp³-hybridized carbons (Fsp3) is 0.333. The van der Waals surface area contributed by atoms with E-state index in [4.69, 9.17) is 0 Å². The molecule has 3 rings (SSSR count). The minimum Gasteiger partial charge on any atom is -0.348 e. The first-order valence-electron chi connectivity index (χ1n) is 9.03. The number of benzene rings is 2. The van der Waals surface area contributed by atoms with Crippen molar-refractivity contribution < 1.29 is 9.59 Å². The van der Waals surface area contributed by atoms with Crippen LogP contribution in [0.15, 0.2) is 42.5 Å². The number of rotatable bonds is 4. The van der Waals surface area contributed by atoms with Gasteiger partial charge in [0.15, 0.2) is 0 Å². The van der Waals surface area contributed by atoms with Crippen LogP contribution in [0.3, 0.4) is 0 Å². The Morgan fingerprint density at radius 3 is 2.58 bits per heavy atom. The molecule has 26 heavy (non-hydrogen) atoms. The van der Waals surface area contributed by atoms with Crippen LogP contribution in [0.25, 0.3) is 0 Å². The van der Waals surface area contributed by atoms with Crippen molar-refractivity contribution in [2.24, 2.45) is 0 Å². The minimum absolute atomic E-state index is 0.0564. The van der Waals surface area contributed by atoms with Gasteiger partial charge >= 0.3 is 6.03 Å². The number of aryl methyl sites for hydroxylation is 2. The molecule has 5 heteroatoms. The van der Waals surface area contributed by atoms with Crippen LogP contribution in [-0.2, 0) is 6.54 Å². The monoisotopic (exact) mass is 351 g/mol. The highest BCUT2D eigenvalue weighted by molar-refractivity contribution is 5.95. The van der Waals surface area contributed by atoms with E-state index in [0.717, 1.165) is 48.3 Å². The highest BCUT2D eigenvalue weighted by Gasteiger charge is 2.17. The molecular formula is C21H25N3O2. The molecule has 1 heterocycles. The number of carbonyl (C=O) groups excluding carboxylic acids is 2. The summed E-state index contributed by atoms with van der Waals surface area (Å²) in [5, 5.41) is 5.89. The Hall–Kier alpha value is -2.82. The van der Waals surface area contributed by atoms with Gasteiger partial charge in [-0.15, -0.1) is 0 Å². The minimum atomic E-state index is -0.0855. The summed E-state index contributed by atoms with van der Waals surface area (Å²) in [5.41, 5.74) is 4.42. The Balaban J connectivity index is 1.60. The number of anilines is 1. The number of carbonyl (C=O) groups is 2. The van der Waals surface area contributed by atoms with Crippen LogP contribution in [-0.4, -0.2) is 29.9 Å². The number of likely N-dealkylation sites (tertiary alicyclic amines) is 1. The zero-order valence-electron chi connectivity index (χ0n) is 15.3. The number of nitrogens with zero attached hydrogens (tertiary/aromatic N) is 1. The van der Waals surface area contributed by atoms with Crippen LogP contribution in [0.1, 0.15) is 39.9 Å². The van der Waals surface area contributed by atoms with Crippen molar-refractivity contribution in [3.63, 3.8) is 0 Å². The topological polar surface area (TPSA) is 61.4 Å². The zero-order chi connectivity index (χ0) is 18.5. The largest absolute Gasteiger partial charge is 0.348 e. The van der Waals surface area contributed by atoms with Gasteiger partial charge in [0, 0.05) is 30.9 Å². The van der Waals surface area contributed by atoms with Crippen molar-refractivity contribution in [1.29, 1.82) is 0 Å². The van der Waals surface area contributed by atoms with Crippen LogP contribution in [0, 0.1) is 13.8 Å². The molecule has 0 atom stereocenters. The normalized spacial score (nSPS) is 13.5. The highest BCUT2D eigenvalue weighted by atomic mass is 16.2. The van der Waals surface area contributed by atoms with Crippen molar-refractivity contribution in [3.8, 4) is 0 Å². The standard InChI is InChI=1S/C21H25N3O2/c1-15-8-9-16(2)19(12-15)20(25)22-14-17-6-5-7-18(13-17)23-21(26)24-10-3-4-11-24/h5-9,12-13H,3-4,10-11,14H2,1-2H3,(H,22,25)(H,23,26). The zero-order valence-corrected chi connectivity index (χ0v) is 15.3. The molecule has 2 N–H and O–H groups in total. The van der Waals surface area contributed by atoms with Gasteiger partial charge in [0.2, 0.25) is 0 Å². The van der Waals surface area contributed by atoms with Gasteiger partial charge in [-0.05, 0) is 56.0 Å². The maximum Gasteiger partial charge on any atom is 0.321 e. The van der Waals surface area contributed by atoms with Crippen molar-refractivity contribution in [3.05, 3.63) is 64.7 Å². The number of nitrogens with one attached hydrogen (secondary N) is 2. The van der Waals surface area contributed by atoms with Gasteiger partial charge in [0.05, 0.1) is 0 Å². The number of urea groups is 1. The molecule has 2 aromatic carbocycles. The van der Waals surface area contributed by atoms with E-state index in [1.165, 1.54) is 0 Å². The van der Waals surface area contributed by atoms with Crippen LogP contribution in [0.2, 0.25) is 0 Å². The molecule has 2 aromatic rings. The van der Waals surface area contributed by atoms with E-state index < -0.39 is 0 Å². The second-order valence-electron chi connectivity index (χ2n) is 6.83. The molecule has 0 aliphatic carbocycles. The molecule has 0 saturated carbocycles. The third-order valence-electron chi connectivity index (χ3n) is 4.66. The summed E-state index contributed by atoms with van der Waals surface area (Å²) in [6.45, 7) is 5.96. The maximum absolute atomic E-state index is 12.4. The van der Waals surface area contributed by atoms with Gasteiger partial charge in [-0.2, -0.15) is 0 Å². The summed E-state index contributed by atoms with van der Waals surface area (Å²) in [6.07, 6.45) is 2.13. The Kier molecular flexibility index (Phi) is 5.56. The summed E-state index contributed by atoms with van der Waals surface area (Å²) in [7, 11) is 0. The molecule has 0 unspecified atom stereocenters. The molecule has 0 spiro atoms. The predicted octanol–water partition coefficient (Wildman–Crippen LogP) is 3.86. The van der Waals surface area contributed by atoms with Crippen molar-refractivity contribution in [2.45, 2.75) is 33.2 Å². The first-order valence-corrected chi connectivity index (χ1v) is 9.03. The lowest BCUT2D eigenvalue weighted by molar-refractivity contribution is 0.0950. The molecule has 5 nitrogen and oxygen atoms in total. The molecule has 1 aliphatic heterocycles. The molecule has 3 amide bonds. The Morgan fingerprint density at radius 2 is 1.81 bits per heavy atom. The van der Waals surface area contributed by atoms with Gasteiger partial charge < -0.3 is 15.5 Å². The fourth-order valence-electron chi connectivity index (χ4n) is 3.14. The first-order chi connectivity index (χ1) is 12.5. The average Bonchev–Trinajstić information content (AvgIpc) is 3.17. The summed E-state index contributed by atoms with van der Waals surface area (Å²) in [4.78, 5) is 26.5. The van der Waals surface area contributed by atoms with E-state index in [0.29, 0.717) is 12.1 Å². The van der Waals surface area contributed by atoms with Gasteiger partial charge in [0.1, 0.15) is 0 Å². The van der Waals surface area contributed by atoms with Crippen LogP contribution in [0.5, 0.6) is 0 Å². The van der Waals surface area contributed by atoms with Gasteiger partial charge in [-0.1, -0.05) is 29.8 Å². The second-order valence-corrected chi connectivity index (χ2v) is 6.83. The SMILES string of the molecule is Cc1ccc(C)c(C(=O)NCc2cccc(NC(=O)N3CCCC3)c2)c1. The van der Waals surface area contributed by atoms with E-state index in [1.54, 1.807) is 0 Å². The molecule has 1 fully saturated rings. The Morgan fingerprint density at radius 1 is 1.04 bits per heavy atom. The number of hydrogen-bond donors (Lipinski definition) is 2. The lowest BCUT2D eigenvalue weighted by Crippen LogP contribution is -2.32. The van der Waals surface area contributed by atoms with E-state index in [9.17, 15) is 9.59 Å².